The highest BCUT2D eigenvalue weighted by molar-refractivity contribution is 14.1. The van der Waals surface area contributed by atoms with E-state index in [9.17, 15) is 0 Å². The summed E-state index contributed by atoms with van der Waals surface area (Å²) < 4.78 is 8.98. The lowest BCUT2D eigenvalue weighted by molar-refractivity contribution is 0.377. The van der Waals surface area contributed by atoms with Gasteiger partial charge in [-0.2, -0.15) is 0 Å². The highest BCUT2D eigenvalue weighted by Crippen LogP contribution is 2.18. The van der Waals surface area contributed by atoms with Gasteiger partial charge in [0.1, 0.15) is 0 Å². The molecule has 0 amide bonds. The summed E-state index contributed by atoms with van der Waals surface area (Å²) >= 11 is 7.59. The number of rotatable bonds is 2. The van der Waals surface area contributed by atoms with Crippen molar-refractivity contribution in [1.29, 1.82) is 0 Å². The number of hydrogen-bond acceptors (Lipinski definition) is 3. The molecule has 1 aromatic carbocycles. The van der Waals surface area contributed by atoms with Crippen LogP contribution < -0.4 is 0 Å². The Morgan fingerprint density at radius 2 is 2.29 bits per heavy atom. The molecule has 0 unspecified atom stereocenters. The van der Waals surface area contributed by atoms with Gasteiger partial charge in [0.2, 0.25) is 0 Å². The maximum Gasteiger partial charge on any atom is 0.178 e. The van der Waals surface area contributed by atoms with Crippen molar-refractivity contribution < 1.29 is 4.52 Å². The van der Waals surface area contributed by atoms with Gasteiger partial charge in [-0.25, -0.2) is 0 Å². The number of nitrogens with zero attached hydrogens (tertiary/aromatic N) is 2. The average Bonchev–Trinajstić information content (AvgIpc) is 2.88. The zero-order valence-electron chi connectivity index (χ0n) is 8.68. The van der Waals surface area contributed by atoms with E-state index in [-0.39, 0.29) is 0 Å². The molecule has 3 rings (SSSR count). The molecule has 2 aromatic heterocycles. The number of hydrogen-bond donors (Lipinski definition) is 1. The van der Waals surface area contributed by atoms with Gasteiger partial charge in [-0.1, -0.05) is 5.16 Å². The van der Waals surface area contributed by atoms with Gasteiger partial charge in [-0.05, 0) is 53.0 Å². The van der Waals surface area contributed by atoms with E-state index in [0.29, 0.717) is 11.3 Å². The van der Waals surface area contributed by atoms with Crippen molar-refractivity contribution in [2.24, 2.45) is 0 Å². The van der Waals surface area contributed by atoms with Crippen LogP contribution >= 0.6 is 34.8 Å². The summed E-state index contributed by atoms with van der Waals surface area (Å²) in [7, 11) is 0. The molecule has 86 valence electrons. The molecule has 4 nitrogen and oxygen atoms in total. The van der Waals surface area contributed by atoms with E-state index in [2.05, 4.69) is 50.9 Å². The van der Waals surface area contributed by atoms with Crippen LogP contribution in [0.2, 0.25) is 0 Å². The molecule has 0 radical (unpaired) electrons. The van der Waals surface area contributed by atoms with Crippen LogP contribution in [0.1, 0.15) is 5.76 Å². The average molecular weight is 357 g/mol. The van der Waals surface area contributed by atoms with Crippen molar-refractivity contribution in [3.8, 4) is 0 Å². The summed E-state index contributed by atoms with van der Waals surface area (Å²) in [6.07, 6.45) is 1.64. The van der Waals surface area contributed by atoms with E-state index < -0.39 is 0 Å². The van der Waals surface area contributed by atoms with Gasteiger partial charge in [0.05, 0.1) is 23.8 Å². The number of fused-ring (bicyclic) bond motifs is 1. The largest absolute Gasteiger partial charge is 0.359 e. The van der Waals surface area contributed by atoms with Crippen LogP contribution in [0.25, 0.3) is 11.0 Å². The zero-order valence-corrected chi connectivity index (χ0v) is 11.7. The summed E-state index contributed by atoms with van der Waals surface area (Å²) in [5.41, 5.74) is 2.12. The van der Waals surface area contributed by atoms with E-state index in [1.54, 1.807) is 6.20 Å². The lowest BCUT2D eigenvalue weighted by atomic mass is 10.3. The molecule has 0 saturated carbocycles. The number of H-pyrrole nitrogens is 1. The molecule has 0 aliphatic rings. The Hall–Kier alpha value is -1.15. The van der Waals surface area contributed by atoms with E-state index in [1.165, 1.54) is 3.57 Å². The number of imidazole rings is 1. The first-order chi connectivity index (χ1) is 8.24. The SMILES string of the molecule is S=c1[nH]c2cc(I)ccc2n1Cc1ccno1. The van der Waals surface area contributed by atoms with Crippen molar-refractivity contribution in [3.05, 3.63) is 44.6 Å². The third kappa shape index (κ3) is 2.02. The molecule has 0 fully saturated rings. The van der Waals surface area contributed by atoms with Gasteiger partial charge >= 0.3 is 0 Å². The highest BCUT2D eigenvalue weighted by atomic mass is 127. The third-order valence-corrected chi connectivity index (χ3v) is 3.53. The minimum atomic E-state index is 0.597. The van der Waals surface area contributed by atoms with Gasteiger partial charge in [-0.15, -0.1) is 0 Å². The summed E-state index contributed by atoms with van der Waals surface area (Å²) in [5.74, 6) is 0.792. The number of nitrogens with one attached hydrogen (secondary N) is 1. The lowest BCUT2D eigenvalue weighted by Gasteiger charge is -2.00. The van der Waals surface area contributed by atoms with E-state index in [0.717, 1.165) is 16.8 Å². The Bertz CT molecular complexity index is 714. The van der Waals surface area contributed by atoms with Gasteiger partial charge in [0, 0.05) is 9.64 Å². The topological polar surface area (TPSA) is 46.8 Å². The van der Waals surface area contributed by atoms with Gasteiger partial charge < -0.3 is 14.1 Å². The van der Waals surface area contributed by atoms with Crippen LogP contribution in [0.15, 0.2) is 35.0 Å². The third-order valence-electron chi connectivity index (χ3n) is 2.54. The second kappa shape index (κ2) is 4.26. The molecule has 17 heavy (non-hydrogen) atoms. The maximum atomic E-state index is 5.31. The smallest absolute Gasteiger partial charge is 0.178 e. The summed E-state index contributed by atoms with van der Waals surface area (Å²) in [6, 6.07) is 8.03. The standard InChI is InChI=1S/C11H8IN3OS/c12-7-1-2-10-9(5-7)14-11(17)15(10)6-8-3-4-13-16-8/h1-5H,6H2,(H,14,17). The van der Waals surface area contributed by atoms with Gasteiger partial charge in [0.25, 0.3) is 0 Å². The van der Waals surface area contributed by atoms with Crippen molar-refractivity contribution in [2.45, 2.75) is 6.54 Å². The summed E-state index contributed by atoms with van der Waals surface area (Å²) in [5, 5.41) is 3.69. The van der Waals surface area contributed by atoms with Crippen molar-refractivity contribution in [3.63, 3.8) is 0 Å². The van der Waals surface area contributed by atoms with Crippen molar-refractivity contribution in [2.75, 3.05) is 0 Å². The molecule has 0 spiro atoms. The minimum absolute atomic E-state index is 0.597. The molecule has 0 aliphatic carbocycles. The van der Waals surface area contributed by atoms with E-state index >= 15 is 0 Å². The molecule has 0 bridgehead atoms. The van der Waals surface area contributed by atoms with Gasteiger partial charge in [-0.3, -0.25) is 0 Å². The Labute approximate surface area is 116 Å². The quantitative estimate of drug-likeness (QED) is 0.565. The van der Waals surface area contributed by atoms with Crippen LogP contribution in [0.5, 0.6) is 0 Å². The Kier molecular flexibility index (Phi) is 2.75. The van der Waals surface area contributed by atoms with E-state index in [1.807, 2.05) is 10.6 Å². The monoisotopic (exact) mass is 357 g/mol. The number of benzene rings is 1. The van der Waals surface area contributed by atoms with Crippen LogP contribution in [0.3, 0.4) is 0 Å². The fourth-order valence-electron chi connectivity index (χ4n) is 1.77. The fourth-order valence-corrected chi connectivity index (χ4v) is 2.54. The molecule has 0 aliphatic heterocycles. The minimum Gasteiger partial charge on any atom is -0.359 e. The summed E-state index contributed by atoms with van der Waals surface area (Å²) in [4.78, 5) is 3.19. The molecule has 0 atom stereocenters. The Morgan fingerprint density at radius 3 is 3.06 bits per heavy atom. The lowest BCUT2D eigenvalue weighted by Crippen LogP contribution is -1.98. The Balaban J connectivity index is 2.16. The molecule has 2 heterocycles. The second-order valence-electron chi connectivity index (χ2n) is 3.66. The number of aromatic nitrogens is 3. The predicted molar refractivity (Wildman–Crippen MR) is 75.4 cm³/mol. The normalized spacial score (nSPS) is 11.1. The molecular formula is C11H8IN3OS. The zero-order chi connectivity index (χ0) is 11.8. The molecule has 3 aromatic rings. The van der Waals surface area contributed by atoms with Crippen LogP contribution in [0, 0.1) is 8.34 Å². The second-order valence-corrected chi connectivity index (χ2v) is 5.29. The van der Waals surface area contributed by atoms with Crippen LogP contribution in [-0.4, -0.2) is 14.7 Å². The van der Waals surface area contributed by atoms with Crippen molar-refractivity contribution in [1.82, 2.24) is 14.7 Å². The van der Waals surface area contributed by atoms with Crippen molar-refractivity contribution >= 4 is 45.8 Å². The van der Waals surface area contributed by atoms with Gasteiger partial charge in [0.15, 0.2) is 10.5 Å². The first kappa shape index (κ1) is 11.0. The summed E-state index contributed by atoms with van der Waals surface area (Å²) in [6.45, 7) is 0.597. The first-order valence-corrected chi connectivity index (χ1v) is 6.50. The van der Waals surface area contributed by atoms with E-state index in [4.69, 9.17) is 16.7 Å². The predicted octanol–water partition coefficient (Wildman–Crippen LogP) is 3.34. The molecule has 1 N–H and O–H groups in total. The van der Waals surface area contributed by atoms with Crippen LogP contribution in [0.4, 0.5) is 0 Å². The highest BCUT2D eigenvalue weighted by Gasteiger charge is 2.07. The van der Waals surface area contributed by atoms with Crippen LogP contribution in [-0.2, 0) is 6.54 Å². The molecular weight excluding hydrogens is 349 g/mol. The molecule has 6 heteroatoms. The maximum absolute atomic E-state index is 5.31. The first-order valence-electron chi connectivity index (χ1n) is 5.02. The molecule has 0 saturated heterocycles. The number of aromatic amines is 1. The number of halogens is 1. The fraction of sp³-hybridized carbons (Fsp3) is 0.0909. The Morgan fingerprint density at radius 1 is 1.41 bits per heavy atom.